The second kappa shape index (κ2) is 13.7. The number of H-pyrrole nitrogens is 1. The highest BCUT2D eigenvalue weighted by molar-refractivity contribution is 6.42. The molecule has 0 amide bonds. The number of hydrogen-bond acceptors (Lipinski definition) is 9. The van der Waals surface area contributed by atoms with Gasteiger partial charge in [0.2, 0.25) is 0 Å². The number of aromatic amines is 1. The number of anilines is 1. The molecule has 3 aliphatic rings. The summed E-state index contributed by atoms with van der Waals surface area (Å²) in [6.45, 7) is 5.56. The smallest absolute Gasteiger partial charge is 0.163 e. The number of nitrogens with one attached hydrogen (secondary N) is 2. The van der Waals surface area contributed by atoms with E-state index in [1.54, 1.807) is 20.5 Å². The fourth-order valence-corrected chi connectivity index (χ4v) is 8.72. The monoisotopic (exact) mass is 733 g/mol. The minimum atomic E-state index is -0.637. The number of halogens is 2. The second-order valence-corrected chi connectivity index (χ2v) is 15.6. The van der Waals surface area contributed by atoms with Gasteiger partial charge >= 0.3 is 0 Å². The van der Waals surface area contributed by atoms with Gasteiger partial charge in [0, 0.05) is 49.3 Å². The van der Waals surface area contributed by atoms with E-state index in [-0.39, 0.29) is 18.2 Å². The highest BCUT2D eigenvalue weighted by Gasteiger charge is 2.55. The van der Waals surface area contributed by atoms with Crippen LogP contribution >= 0.6 is 23.2 Å². The zero-order chi connectivity index (χ0) is 35.4. The van der Waals surface area contributed by atoms with Crippen molar-refractivity contribution in [2.45, 2.75) is 82.6 Å². The molecule has 4 atom stereocenters. The van der Waals surface area contributed by atoms with Gasteiger partial charge in [-0.25, -0.2) is 15.0 Å². The number of fused-ring (bicyclic) bond motifs is 3. The number of aryl methyl sites for hydroxylation is 1. The van der Waals surface area contributed by atoms with Crippen molar-refractivity contribution < 1.29 is 18.9 Å². The van der Waals surface area contributed by atoms with Crippen molar-refractivity contribution in [3.63, 3.8) is 0 Å². The molecule has 3 fully saturated rings. The third-order valence-electron chi connectivity index (χ3n) is 11.1. The molecule has 5 aromatic rings. The molecule has 2 aliphatic carbocycles. The number of methoxy groups -OCH3 is 2. The van der Waals surface area contributed by atoms with Crippen molar-refractivity contribution in [3.05, 3.63) is 70.4 Å². The molecule has 51 heavy (non-hydrogen) atoms. The standard InChI is InChI=1S/C38H45Cl2N7O4/c1-38(2)50-34-23(19-46(3)24-12-21(13-24)6-9-33-44-29-16-27(39)28(40)17-30(29)45-33)14-31(35(34)51-38)47-11-10-26-36(42-20-43-37(26)47)41-18-22-7-8-25(48-4)15-32(22)49-5/h7-8,10-11,15-17,20-21,23-24,31,34-35H,6,9,12-14,18-19H2,1-5H3,(H,44,45)(H,41,42,43)/t21?,23-,24?,31-,34-,35+/m1/s1. The molecule has 11 nitrogen and oxygen atoms in total. The number of rotatable bonds is 12. The Labute approximate surface area is 307 Å². The lowest BCUT2D eigenvalue weighted by molar-refractivity contribution is -0.161. The quantitative estimate of drug-likeness (QED) is 0.133. The van der Waals surface area contributed by atoms with Crippen LogP contribution in [0.1, 0.15) is 57.0 Å². The van der Waals surface area contributed by atoms with Gasteiger partial charge < -0.3 is 38.7 Å². The summed E-state index contributed by atoms with van der Waals surface area (Å²) in [6, 6.07) is 12.3. The largest absolute Gasteiger partial charge is 0.497 e. The molecule has 270 valence electrons. The van der Waals surface area contributed by atoms with Gasteiger partial charge in [0.15, 0.2) is 5.79 Å². The summed E-state index contributed by atoms with van der Waals surface area (Å²) in [6.07, 6.45) is 9.07. The summed E-state index contributed by atoms with van der Waals surface area (Å²) in [4.78, 5) is 20.1. The molecule has 2 N–H and O–H groups in total. The maximum atomic E-state index is 6.61. The lowest BCUT2D eigenvalue weighted by Crippen LogP contribution is -2.46. The topological polar surface area (TPSA) is 112 Å². The van der Waals surface area contributed by atoms with Gasteiger partial charge in [-0.05, 0) is 82.8 Å². The van der Waals surface area contributed by atoms with Crippen LogP contribution in [0.4, 0.5) is 5.82 Å². The average Bonchev–Trinajstić information content (AvgIpc) is 3.85. The summed E-state index contributed by atoms with van der Waals surface area (Å²) in [5.74, 6) is 3.67. The maximum Gasteiger partial charge on any atom is 0.163 e. The Bertz CT molecular complexity index is 2000. The van der Waals surface area contributed by atoms with Crippen LogP contribution in [-0.2, 0) is 22.4 Å². The Kier molecular flexibility index (Phi) is 9.29. The third-order valence-corrected chi connectivity index (χ3v) is 11.8. The van der Waals surface area contributed by atoms with Crippen molar-refractivity contribution in [1.82, 2.24) is 29.4 Å². The average molecular weight is 735 g/mol. The number of imidazole rings is 1. The summed E-state index contributed by atoms with van der Waals surface area (Å²) >= 11 is 12.4. The van der Waals surface area contributed by atoms with E-state index in [0.717, 1.165) is 76.6 Å². The first-order valence-electron chi connectivity index (χ1n) is 17.7. The number of hydrogen-bond donors (Lipinski definition) is 2. The normalized spacial score (nSPS) is 25.4. The molecule has 4 heterocycles. The van der Waals surface area contributed by atoms with Crippen molar-refractivity contribution >= 4 is 51.1 Å². The molecule has 2 aromatic carbocycles. The van der Waals surface area contributed by atoms with Crippen LogP contribution in [0.25, 0.3) is 22.1 Å². The first-order valence-corrected chi connectivity index (χ1v) is 18.5. The summed E-state index contributed by atoms with van der Waals surface area (Å²) < 4.78 is 26.5. The van der Waals surface area contributed by atoms with Crippen LogP contribution in [0.15, 0.2) is 48.9 Å². The van der Waals surface area contributed by atoms with E-state index in [9.17, 15) is 0 Å². The Balaban J connectivity index is 0.914. The minimum Gasteiger partial charge on any atom is -0.497 e. The predicted molar refractivity (Wildman–Crippen MR) is 199 cm³/mol. The fourth-order valence-electron chi connectivity index (χ4n) is 8.40. The fraction of sp³-hybridized carbons (Fsp3) is 0.500. The van der Waals surface area contributed by atoms with Gasteiger partial charge in [-0.2, -0.15) is 0 Å². The van der Waals surface area contributed by atoms with Gasteiger partial charge in [-0.3, -0.25) is 0 Å². The Morgan fingerprint density at radius 1 is 1.02 bits per heavy atom. The number of ether oxygens (including phenoxy) is 4. The molecule has 3 aromatic heterocycles. The zero-order valence-corrected chi connectivity index (χ0v) is 31.2. The number of nitrogens with zero attached hydrogens (tertiary/aromatic N) is 5. The molecule has 0 radical (unpaired) electrons. The van der Waals surface area contributed by atoms with E-state index in [1.165, 1.54) is 12.8 Å². The van der Waals surface area contributed by atoms with Gasteiger partial charge in [-0.1, -0.05) is 23.2 Å². The molecule has 1 saturated heterocycles. The molecule has 2 saturated carbocycles. The van der Waals surface area contributed by atoms with Crippen LogP contribution < -0.4 is 14.8 Å². The first kappa shape index (κ1) is 34.5. The van der Waals surface area contributed by atoms with E-state index in [2.05, 4.69) is 44.1 Å². The first-order chi connectivity index (χ1) is 24.6. The molecule has 0 bridgehead atoms. The van der Waals surface area contributed by atoms with Crippen LogP contribution in [0.3, 0.4) is 0 Å². The molecule has 0 unspecified atom stereocenters. The van der Waals surface area contributed by atoms with Gasteiger partial charge in [0.05, 0.1) is 52.8 Å². The Morgan fingerprint density at radius 3 is 2.63 bits per heavy atom. The van der Waals surface area contributed by atoms with Crippen LogP contribution in [-0.4, -0.2) is 81.3 Å². The van der Waals surface area contributed by atoms with Crippen molar-refractivity contribution in [1.29, 1.82) is 0 Å². The van der Waals surface area contributed by atoms with E-state index >= 15 is 0 Å². The summed E-state index contributed by atoms with van der Waals surface area (Å²) in [7, 11) is 5.59. The van der Waals surface area contributed by atoms with Crippen molar-refractivity contribution in [3.8, 4) is 11.5 Å². The summed E-state index contributed by atoms with van der Waals surface area (Å²) in [5, 5.41) is 5.55. The second-order valence-electron chi connectivity index (χ2n) is 14.8. The maximum absolute atomic E-state index is 6.61. The van der Waals surface area contributed by atoms with Crippen LogP contribution in [0.2, 0.25) is 10.0 Å². The van der Waals surface area contributed by atoms with Crippen LogP contribution in [0.5, 0.6) is 11.5 Å². The number of benzene rings is 2. The van der Waals surface area contributed by atoms with Crippen molar-refractivity contribution in [2.24, 2.45) is 11.8 Å². The van der Waals surface area contributed by atoms with E-state index in [1.807, 2.05) is 44.2 Å². The minimum absolute atomic E-state index is 0.0119. The van der Waals surface area contributed by atoms with E-state index in [4.69, 9.17) is 52.1 Å². The highest BCUT2D eigenvalue weighted by atomic mass is 35.5. The Morgan fingerprint density at radius 2 is 1.82 bits per heavy atom. The van der Waals surface area contributed by atoms with E-state index in [0.29, 0.717) is 34.5 Å². The predicted octanol–water partition coefficient (Wildman–Crippen LogP) is 7.67. The SMILES string of the molecule is COc1ccc(CNc2ncnc3c2ccn3[C@@H]2C[C@H](CN(C)C3CC(CCc4nc5cc(Cl)c(Cl)cc5[nH]4)C3)[C@H]3OC(C)(C)O[C@H]32)c(OC)c1. The molecule has 1 aliphatic heterocycles. The Hall–Kier alpha value is -3.61. The van der Waals surface area contributed by atoms with E-state index < -0.39 is 5.79 Å². The number of aromatic nitrogens is 5. The highest BCUT2D eigenvalue weighted by Crippen LogP contribution is 2.49. The lowest BCUT2D eigenvalue weighted by atomic mass is 9.76. The van der Waals surface area contributed by atoms with Gasteiger partial charge in [0.1, 0.15) is 41.2 Å². The third kappa shape index (κ3) is 6.75. The van der Waals surface area contributed by atoms with Crippen LogP contribution in [0, 0.1) is 11.8 Å². The molecular formula is C38H45Cl2N7O4. The van der Waals surface area contributed by atoms with Gasteiger partial charge in [0.25, 0.3) is 0 Å². The molecule has 0 spiro atoms. The zero-order valence-electron chi connectivity index (χ0n) is 29.7. The van der Waals surface area contributed by atoms with Gasteiger partial charge in [-0.15, -0.1) is 0 Å². The van der Waals surface area contributed by atoms with Crippen molar-refractivity contribution in [2.75, 3.05) is 33.1 Å². The summed E-state index contributed by atoms with van der Waals surface area (Å²) in [5.41, 5.74) is 3.69. The lowest BCUT2D eigenvalue weighted by Gasteiger charge is -2.42. The molecule has 13 heteroatoms. The molecule has 8 rings (SSSR count). The molecular weight excluding hydrogens is 689 g/mol.